The highest BCUT2D eigenvalue weighted by Gasteiger charge is 2.20. The molecule has 0 aliphatic carbocycles. The van der Waals surface area contributed by atoms with Gasteiger partial charge in [0.05, 0.1) is 0 Å². The van der Waals surface area contributed by atoms with Gasteiger partial charge in [-0.05, 0) is 70.7 Å². The Hall–Kier alpha value is -0.0800. The summed E-state index contributed by atoms with van der Waals surface area (Å²) in [6.45, 7) is 15.0. The molecule has 31 heavy (non-hydrogen) atoms. The van der Waals surface area contributed by atoms with Crippen molar-refractivity contribution in [2.24, 2.45) is 5.92 Å². The van der Waals surface area contributed by atoms with E-state index in [9.17, 15) is 0 Å². The van der Waals surface area contributed by atoms with Crippen molar-refractivity contribution in [3.8, 4) is 0 Å². The molecule has 1 fully saturated rings. The van der Waals surface area contributed by atoms with Crippen molar-refractivity contribution in [2.75, 3.05) is 39.3 Å². The smallest absolute Gasteiger partial charge is 0.00106 e. The zero-order valence-corrected chi connectivity index (χ0v) is 22.1. The quantitative estimate of drug-likeness (QED) is 0.157. The molecule has 0 saturated carbocycles. The molecule has 0 amide bonds. The van der Waals surface area contributed by atoms with E-state index in [1.807, 2.05) is 0 Å². The average Bonchev–Trinajstić information content (AvgIpc) is 2.78. The van der Waals surface area contributed by atoms with Gasteiger partial charge in [0.1, 0.15) is 0 Å². The van der Waals surface area contributed by atoms with Crippen LogP contribution in [0.4, 0.5) is 0 Å². The van der Waals surface area contributed by atoms with Crippen molar-refractivity contribution in [3.05, 3.63) is 0 Å². The second-order valence-electron chi connectivity index (χ2n) is 10.5. The normalized spacial score (nSPS) is 15.9. The summed E-state index contributed by atoms with van der Waals surface area (Å²) in [5, 5.41) is 0. The molecular weight excluding hydrogens is 376 g/mol. The number of piperidine rings is 1. The van der Waals surface area contributed by atoms with Gasteiger partial charge in [-0.3, -0.25) is 0 Å². The topological polar surface area (TPSA) is 6.48 Å². The molecule has 0 aromatic carbocycles. The maximum atomic E-state index is 2.75. The van der Waals surface area contributed by atoms with Gasteiger partial charge in [-0.2, -0.15) is 0 Å². The van der Waals surface area contributed by atoms with Crippen molar-refractivity contribution in [1.29, 1.82) is 0 Å². The van der Waals surface area contributed by atoms with Crippen molar-refractivity contribution in [2.45, 2.75) is 143 Å². The number of nitrogens with zero attached hydrogens (tertiary/aromatic N) is 2. The first kappa shape index (κ1) is 29.0. The van der Waals surface area contributed by atoms with Crippen LogP contribution in [-0.4, -0.2) is 49.1 Å². The zero-order chi connectivity index (χ0) is 22.4. The Balaban J connectivity index is 1.84. The molecular formula is C29H60N2. The number of unbranched alkanes of at least 4 members (excludes halogenated alkanes) is 14. The van der Waals surface area contributed by atoms with Gasteiger partial charge < -0.3 is 9.80 Å². The summed E-state index contributed by atoms with van der Waals surface area (Å²) < 4.78 is 0. The molecule has 2 heteroatoms. The molecule has 0 unspecified atom stereocenters. The van der Waals surface area contributed by atoms with Gasteiger partial charge in [0.2, 0.25) is 0 Å². The molecule has 0 bridgehead atoms. The monoisotopic (exact) mass is 436 g/mol. The molecule has 1 saturated heterocycles. The lowest BCUT2D eigenvalue weighted by molar-refractivity contribution is 0.141. The van der Waals surface area contributed by atoms with Crippen LogP contribution in [0.3, 0.4) is 0 Å². The zero-order valence-electron chi connectivity index (χ0n) is 22.1. The lowest BCUT2D eigenvalue weighted by Gasteiger charge is -2.35. The second-order valence-corrected chi connectivity index (χ2v) is 10.5. The Morgan fingerprint density at radius 2 is 0.968 bits per heavy atom. The number of hydrogen-bond acceptors (Lipinski definition) is 2. The van der Waals surface area contributed by atoms with E-state index in [2.05, 4.69) is 30.6 Å². The summed E-state index contributed by atoms with van der Waals surface area (Å²) >= 11 is 0. The molecule has 1 heterocycles. The molecule has 186 valence electrons. The molecule has 0 radical (unpaired) electrons. The SMILES string of the molecule is CCCCCCCCCCCCCCCCCN1CCC(CN(CCC)CCC)CC1. The van der Waals surface area contributed by atoms with Crippen LogP contribution in [-0.2, 0) is 0 Å². The van der Waals surface area contributed by atoms with Crippen LogP contribution in [0.1, 0.15) is 143 Å². The first-order valence-corrected chi connectivity index (χ1v) is 14.7. The van der Waals surface area contributed by atoms with Gasteiger partial charge in [-0.15, -0.1) is 0 Å². The van der Waals surface area contributed by atoms with Gasteiger partial charge in [0.15, 0.2) is 0 Å². The Labute approximate surface area is 197 Å². The largest absolute Gasteiger partial charge is 0.303 e. The Morgan fingerprint density at radius 3 is 1.39 bits per heavy atom. The maximum Gasteiger partial charge on any atom is 0.00106 e. The molecule has 0 aromatic rings. The van der Waals surface area contributed by atoms with Crippen LogP contribution in [0.25, 0.3) is 0 Å². The minimum Gasteiger partial charge on any atom is -0.303 e. The standard InChI is InChI=1S/C29H60N2/c1-4-7-8-9-10-11-12-13-14-15-16-17-18-19-20-25-30-26-21-29(22-27-30)28-31(23-5-2)24-6-3/h29H,4-28H2,1-3H3. The number of hydrogen-bond donors (Lipinski definition) is 0. The van der Waals surface area contributed by atoms with Crippen LogP contribution < -0.4 is 0 Å². The van der Waals surface area contributed by atoms with E-state index in [0.29, 0.717) is 0 Å². The van der Waals surface area contributed by atoms with Crippen LogP contribution >= 0.6 is 0 Å². The van der Waals surface area contributed by atoms with Gasteiger partial charge in [0.25, 0.3) is 0 Å². The minimum absolute atomic E-state index is 0.954. The molecule has 0 aromatic heterocycles. The first-order valence-electron chi connectivity index (χ1n) is 14.7. The lowest BCUT2D eigenvalue weighted by atomic mass is 9.95. The molecule has 1 aliphatic rings. The summed E-state index contributed by atoms with van der Waals surface area (Å²) in [7, 11) is 0. The molecule has 2 nitrogen and oxygen atoms in total. The van der Waals surface area contributed by atoms with Crippen molar-refractivity contribution in [3.63, 3.8) is 0 Å². The predicted molar refractivity (Wildman–Crippen MR) is 141 cm³/mol. The number of likely N-dealkylation sites (tertiary alicyclic amines) is 1. The van der Waals surface area contributed by atoms with E-state index in [4.69, 9.17) is 0 Å². The summed E-state index contributed by atoms with van der Waals surface area (Å²) in [6.07, 6.45) is 27.4. The maximum absolute atomic E-state index is 2.75. The van der Waals surface area contributed by atoms with Crippen molar-refractivity contribution in [1.82, 2.24) is 9.80 Å². The Kier molecular flexibility index (Phi) is 20.3. The Bertz CT molecular complexity index is 343. The predicted octanol–water partition coefficient (Wildman–Crippen LogP) is 8.69. The Morgan fingerprint density at radius 1 is 0.548 bits per heavy atom. The van der Waals surface area contributed by atoms with Crippen molar-refractivity contribution >= 4 is 0 Å². The van der Waals surface area contributed by atoms with Crippen LogP contribution in [0.15, 0.2) is 0 Å². The van der Waals surface area contributed by atoms with Crippen LogP contribution in [0.5, 0.6) is 0 Å². The summed E-state index contributed by atoms with van der Waals surface area (Å²) in [5.74, 6) is 0.954. The van der Waals surface area contributed by atoms with Gasteiger partial charge in [0, 0.05) is 6.54 Å². The molecule has 1 rings (SSSR count). The molecule has 0 spiro atoms. The number of rotatable bonds is 22. The van der Waals surface area contributed by atoms with E-state index < -0.39 is 0 Å². The molecule has 0 atom stereocenters. The van der Waals surface area contributed by atoms with E-state index in [1.54, 1.807) is 0 Å². The third-order valence-electron chi connectivity index (χ3n) is 7.38. The molecule has 0 N–H and O–H groups in total. The molecule has 1 aliphatic heterocycles. The minimum atomic E-state index is 0.954. The lowest BCUT2D eigenvalue weighted by Crippen LogP contribution is -2.39. The second kappa shape index (κ2) is 21.7. The van der Waals surface area contributed by atoms with Gasteiger partial charge in [-0.1, -0.05) is 111 Å². The fraction of sp³-hybridized carbons (Fsp3) is 1.00. The van der Waals surface area contributed by atoms with Gasteiger partial charge in [-0.25, -0.2) is 0 Å². The van der Waals surface area contributed by atoms with Gasteiger partial charge >= 0.3 is 0 Å². The fourth-order valence-corrected chi connectivity index (χ4v) is 5.39. The van der Waals surface area contributed by atoms with Crippen molar-refractivity contribution < 1.29 is 0 Å². The van der Waals surface area contributed by atoms with E-state index in [1.165, 1.54) is 161 Å². The highest BCUT2D eigenvalue weighted by molar-refractivity contribution is 4.75. The summed E-state index contributed by atoms with van der Waals surface area (Å²) in [5.41, 5.74) is 0. The third-order valence-corrected chi connectivity index (χ3v) is 7.38. The summed E-state index contributed by atoms with van der Waals surface area (Å²) in [4.78, 5) is 5.47. The first-order chi connectivity index (χ1) is 15.3. The van der Waals surface area contributed by atoms with Crippen LogP contribution in [0, 0.1) is 5.92 Å². The average molecular weight is 437 g/mol. The highest BCUT2D eigenvalue weighted by atomic mass is 15.1. The van der Waals surface area contributed by atoms with E-state index in [-0.39, 0.29) is 0 Å². The van der Waals surface area contributed by atoms with Crippen LogP contribution in [0.2, 0.25) is 0 Å². The summed E-state index contributed by atoms with van der Waals surface area (Å²) in [6, 6.07) is 0. The highest BCUT2D eigenvalue weighted by Crippen LogP contribution is 2.20. The van der Waals surface area contributed by atoms with E-state index in [0.717, 1.165) is 5.92 Å². The fourth-order valence-electron chi connectivity index (χ4n) is 5.39. The van der Waals surface area contributed by atoms with E-state index >= 15 is 0 Å². The third kappa shape index (κ3) is 17.1.